The van der Waals surface area contributed by atoms with Crippen LogP contribution in [-0.4, -0.2) is 16.1 Å². The molecule has 3 nitrogen and oxygen atoms in total. The van der Waals surface area contributed by atoms with Crippen molar-refractivity contribution in [2.24, 2.45) is 0 Å². The van der Waals surface area contributed by atoms with E-state index in [2.05, 4.69) is 47.2 Å². The molecule has 0 atom stereocenters. The zero-order valence-electron chi connectivity index (χ0n) is 13.1. The fourth-order valence-electron chi connectivity index (χ4n) is 2.64. The summed E-state index contributed by atoms with van der Waals surface area (Å²) in [6, 6.07) is 14.5. The van der Waals surface area contributed by atoms with Gasteiger partial charge in [0, 0.05) is 23.5 Å². The second kappa shape index (κ2) is 6.06. The maximum absolute atomic E-state index is 5.93. The number of imidazole rings is 1. The Bertz CT molecular complexity index is 747. The lowest BCUT2D eigenvalue weighted by Gasteiger charge is -2.17. The van der Waals surface area contributed by atoms with Gasteiger partial charge in [0.2, 0.25) is 0 Å². The van der Waals surface area contributed by atoms with Crippen LogP contribution in [0.2, 0.25) is 0 Å². The number of aromatic amines is 1. The third-order valence-electron chi connectivity index (χ3n) is 3.60. The van der Waals surface area contributed by atoms with Crippen molar-refractivity contribution in [3.05, 3.63) is 60.4 Å². The fraction of sp³-hybridized carbons (Fsp3) is 0.211. The van der Waals surface area contributed by atoms with Gasteiger partial charge in [-0.25, -0.2) is 4.98 Å². The van der Waals surface area contributed by atoms with Gasteiger partial charge in [-0.2, -0.15) is 0 Å². The average Bonchev–Trinajstić information content (AvgIpc) is 3.03. The molecular formula is C19H20N2O. The van der Waals surface area contributed by atoms with E-state index in [0.29, 0.717) is 0 Å². The molecule has 0 amide bonds. The van der Waals surface area contributed by atoms with Crippen molar-refractivity contribution in [2.45, 2.75) is 26.9 Å². The first-order valence-electron chi connectivity index (χ1n) is 7.52. The van der Waals surface area contributed by atoms with Crippen LogP contribution in [0, 0.1) is 6.92 Å². The number of nitrogens with one attached hydrogen (secondary N) is 1. The minimum absolute atomic E-state index is 0.144. The van der Waals surface area contributed by atoms with Gasteiger partial charge in [0.05, 0.1) is 6.10 Å². The second-order valence-electron chi connectivity index (χ2n) is 5.58. The standard InChI is InChI=1S/C19H20N2O/c1-13(2)22-17-10-9-16(15-7-5-4-6-8-15)18(14(17)3)19-20-11-12-21-19/h4-13H,1-3H3,(H,20,21). The van der Waals surface area contributed by atoms with Gasteiger partial charge >= 0.3 is 0 Å². The molecule has 0 saturated carbocycles. The molecule has 1 heterocycles. The molecule has 3 rings (SSSR count). The van der Waals surface area contributed by atoms with Crippen LogP contribution in [0.1, 0.15) is 19.4 Å². The van der Waals surface area contributed by atoms with E-state index in [0.717, 1.165) is 28.3 Å². The van der Waals surface area contributed by atoms with Crippen LogP contribution >= 0.6 is 0 Å². The number of hydrogen-bond acceptors (Lipinski definition) is 2. The van der Waals surface area contributed by atoms with Gasteiger partial charge < -0.3 is 9.72 Å². The van der Waals surface area contributed by atoms with Crippen molar-refractivity contribution >= 4 is 0 Å². The van der Waals surface area contributed by atoms with Crippen molar-refractivity contribution < 1.29 is 4.74 Å². The summed E-state index contributed by atoms with van der Waals surface area (Å²) in [7, 11) is 0. The summed E-state index contributed by atoms with van der Waals surface area (Å²) in [5, 5.41) is 0. The summed E-state index contributed by atoms with van der Waals surface area (Å²) >= 11 is 0. The Morgan fingerprint density at radius 1 is 1.05 bits per heavy atom. The average molecular weight is 292 g/mol. The second-order valence-corrected chi connectivity index (χ2v) is 5.58. The molecule has 0 fully saturated rings. The SMILES string of the molecule is Cc1c(OC(C)C)ccc(-c2ccccc2)c1-c1ncc[nH]1. The first-order chi connectivity index (χ1) is 10.7. The summed E-state index contributed by atoms with van der Waals surface area (Å²) in [5.41, 5.74) is 4.52. The molecule has 0 bridgehead atoms. The summed E-state index contributed by atoms with van der Waals surface area (Å²) in [6.07, 6.45) is 3.77. The predicted molar refractivity (Wildman–Crippen MR) is 90.0 cm³/mol. The summed E-state index contributed by atoms with van der Waals surface area (Å²) < 4.78 is 5.93. The molecule has 0 unspecified atom stereocenters. The van der Waals surface area contributed by atoms with Gasteiger partial charge in [-0.1, -0.05) is 30.3 Å². The number of hydrogen-bond donors (Lipinski definition) is 1. The lowest BCUT2D eigenvalue weighted by Crippen LogP contribution is -2.07. The first-order valence-corrected chi connectivity index (χ1v) is 7.52. The molecule has 0 spiro atoms. The predicted octanol–water partition coefficient (Wildman–Crippen LogP) is 4.84. The van der Waals surface area contributed by atoms with Gasteiger partial charge in [-0.3, -0.25) is 0 Å². The molecule has 2 aromatic carbocycles. The van der Waals surface area contributed by atoms with E-state index in [9.17, 15) is 0 Å². The number of H-pyrrole nitrogens is 1. The van der Waals surface area contributed by atoms with E-state index < -0.39 is 0 Å². The van der Waals surface area contributed by atoms with E-state index in [1.807, 2.05) is 32.2 Å². The molecule has 0 aliphatic heterocycles. The Labute approximate surface area is 131 Å². The lowest BCUT2D eigenvalue weighted by atomic mass is 9.95. The third kappa shape index (κ3) is 2.75. The molecule has 0 saturated heterocycles. The molecule has 0 aliphatic carbocycles. The van der Waals surface area contributed by atoms with Gasteiger partial charge in [-0.15, -0.1) is 0 Å². The highest BCUT2D eigenvalue weighted by Crippen LogP contribution is 2.37. The van der Waals surface area contributed by atoms with Gasteiger partial charge in [0.25, 0.3) is 0 Å². The summed E-state index contributed by atoms with van der Waals surface area (Å²) in [5.74, 6) is 1.77. The minimum Gasteiger partial charge on any atom is -0.491 e. The Balaban J connectivity index is 2.21. The Morgan fingerprint density at radius 2 is 1.82 bits per heavy atom. The Kier molecular flexibility index (Phi) is 3.96. The van der Waals surface area contributed by atoms with Crippen molar-refractivity contribution in [3.8, 4) is 28.3 Å². The number of rotatable bonds is 4. The quantitative estimate of drug-likeness (QED) is 0.747. The smallest absolute Gasteiger partial charge is 0.138 e. The van der Waals surface area contributed by atoms with Gasteiger partial charge in [-0.05, 0) is 44.0 Å². The maximum atomic E-state index is 5.93. The van der Waals surface area contributed by atoms with Crippen LogP contribution < -0.4 is 4.74 Å². The molecule has 0 radical (unpaired) electrons. The first kappa shape index (κ1) is 14.4. The Morgan fingerprint density at radius 3 is 2.45 bits per heavy atom. The highest BCUT2D eigenvalue weighted by molar-refractivity contribution is 5.84. The molecule has 3 heteroatoms. The number of aromatic nitrogens is 2. The van der Waals surface area contributed by atoms with Crippen molar-refractivity contribution in [1.82, 2.24) is 9.97 Å². The van der Waals surface area contributed by atoms with E-state index in [1.54, 1.807) is 6.20 Å². The minimum atomic E-state index is 0.144. The molecule has 22 heavy (non-hydrogen) atoms. The number of ether oxygens (including phenoxy) is 1. The van der Waals surface area contributed by atoms with E-state index >= 15 is 0 Å². The van der Waals surface area contributed by atoms with Crippen LogP contribution in [0.4, 0.5) is 0 Å². The van der Waals surface area contributed by atoms with Crippen LogP contribution in [0.15, 0.2) is 54.9 Å². The van der Waals surface area contributed by atoms with Crippen molar-refractivity contribution in [1.29, 1.82) is 0 Å². The molecule has 1 N–H and O–H groups in total. The van der Waals surface area contributed by atoms with Crippen molar-refractivity contribution in [2.75, 3.05) is 0 Å². The third-order valence-corrected chi connectivity index (χ3v) is 3.60. The molecule has 3 aromatic rings. The highest BCUT2D eigenvalue weighted by Gasteiger charge is 2.16. The lowest BCUT2D eigenvalue weighted by molar-refractivity contribution is 0.241. The fourth-order valence-corrected chi connectivity index (χ4v) is 2.64. The number of nitrogens with zero attached hydrogens (tertiary/aromatic N) is 1. The molecule has 1 aromatic heterocycles. The van der Waals surface area contributed by atoms with Gasteiger partial charge in [0.1, 0.15) is 11.6 Å². The summed E-state index contributed by atoms with van der Waals surface area (Å²) in [6.45, 7) is 6.16. The maximum Gasteiger partial charge on any atom is 0.138 e. The van der Waals surface area contributed by atoms with E-state index in [-0.39, 0.29) is 6.10 Å². The van der Waals surface area contributed by atoms with Crippen molar-refractivity contribution in [3.63, 3.8) is 0 Å². The van der Waals surface area contributed by atoms with E-state index in [4.69, 9.17) is 4.74 Å². The monoisotopic (exact) mass is 292 g/mol. The van der Waals surface area contributed by atoms with Gasteiger partial charge in [0.15, 0.2) is 0 Å². The number of benzene rings is 2. The largest absolute Gasteiger partial charge is 0.491 e. The van der Waals surface area contributed by atoms with Crippen LogP contribution in [0.3, 0.4) is 0 Å². The Hall–Kier alpha value is -2.55. The van der Waals surface area contributed by atoms with E-state index in [1.165, 1.54) is 5.56 Å². The zero-order chi connectivity index (χ0) is 15.5. The highest BCUT2D eigenvalue weighted by atomic mass is 16.5. The summed E-state index contributed by atoms with van der Waals surface area (Å²) in [4.78, 5) is 7.66. The van der Waals surface area contributed by atoms with Crippen LogP contribution in [0.25, 0.3) is 22.5 Å². The topological polar surface area (TPSA) is 37.9 Å². The zero-order valence-corrected chi connectivity index (χ0v) is 13.1. The normalized spacial score (nSPS) is 10.9. The van der Waals surface area contributed by atoms with Crippen LogP contribution in [-0.2, 0) is 0 Å². The van der Waals surface area contributed by atoms with Crippen LogP contribution in [0.5, 0.6) is 5.75 Å². The molecule has 0 aliphatic rings. The molecular weight excluding hydrogens is 272 g/mol. The molecule has 112 valence electrons.